The second kappa shape index (κ2) is 11.7. The van der Waals surface area contributed by atoms with Crippen LogP contribution in [0.25, 0.3) is 34.4 Å². The van der Waals surface area contributed by atoms with E-state index in [2.05, 4.69) is 135 Å². The fourth-order valence-corrected chi connectivity index (χ4v) is 4.38. The standard InChI is InChI=1S/C34H30/c1-3-27-23-15-25-31(33(27)29-19-11-7-12-20-29)17-9-5-6-10-18-32-26-16-24-28(4-2)34(32)30-21-13-8-14-22-30/h7-26H,3-4H2,1-2H3/b17-9+,18-10+. The summed E-state index contributed by atoms with van der Waals surface area (Å²) in [6, 6.07) is 34.2. The number of hydrogen-bond acceptors (Lipinski definition) is 0. The SMILES string of the molecule is CCc1cccc(/C=C/C#C/C=C/c2cccc(CC)c2-c2ccccc2)c1-c1ccccc1. The van der Waals surface area contributed by atoms with Crippen LogP contribution in [0.15, 0.2) is 109 Å². The van der Waals surface area contributed by atoms with Crippen molar-refractivity contribution in [2.45, 2.75) is 26.7 Å². The van der Waals surface area contributed by atoms with Gasteiger partial charge < -0.3 is 0 Å². The van der Waals surface area contributed by atoms with E-state index in [1.807, 2.05) is 12.2 Å². The highest BCUT2D eigenvalue weighted by molar-refractivity contribution is 5.80. The Morgan fingerprint density at radius 1 is 0.500 bits per heavy atom. The number of allylic oxidation sites excluding steroid dienone is 2. The summed E-state index contributed by atoms with van der Waals surface area (Å²) in [5.74, 6) is 6.38. The van der Waals surface area contributed by atoms with Gasteiger partial charge in [-0.25, -0.2) is 0 Å². The van der Waals surface area contributed by atoms with Crippen molar-refractivity contribution >= 4 is 12.2 Å². The molecule has 0 saturated carbocycles. The molecule has 0 nitrogen and oxygen atoms in total. The summed E-state index contributed by atoms with van der Waals surface area (Å²) < 4.78 is 0. The van der Waals surface area contributed by atoms with Crippen LogP contribution < -0.4 is 0 Å². The third-order valence-electron chi connectivity index (χ3n) is 6.03. The molecule has 0 N–H and O–H groups in total. The summed E-state index contributed by atoms with van der Waals surface area (Å²) in [5.41, 5.74) is 10.2. The van der Waals surface area contributed by atoms with Crippen LogP contribution in [0, 0.1) is 11.8 Å². The highest BCUT2D eigenvalue weighted by atomic mass is 14.1. The highest BCUT2D eigenvalue weighted by Gasteiger charge is 2.08. The summed E-state index contributed by atoms with van der Waals surface area (Å²) in [4.78, 5) is 0. The lowest BCUT2D eigenvalue weighted by Crippen LogP contribution is -1.91. The Hall–Kier alpha value is -4.08. The first kappa shape index (κ1) is 23.1. The molecule has 0 amide bonds. The Bertz CT molecular complexity index is 1240. The van der Waals surface area contributed by atoms with E-state index in [9.17, 15) is 0 Å². The van der Waals surface area contributed by atoms with Crippen molar-refractivity contribution in [1.82, 2.24) is 0 Å². The maximum atomic E-state index is 3.19. The van der Waals surface area contributed by atoms with Crippen LogP contribution in [0.4, 0.5) is 0 Å². The zero-order chi connectivity index (χ0) is 23.6. The smallest absolute Gasteiger partial charge is 0.00792 e. The molecule has 0 spiro atoms. The first-order valence-electron chi connectivity index (χ1n) is 12.0. The minimum absolute atomic E-state index is 1.00. The van der Waals surface area contributed by atoms with Gasteiger partial charge in [0.2, 0.25) is 0 Å². The van der Waals surface area contributed by atoms with Gasteiger partial charge >= 0.3 is 0 Å². The van der Waals surface area contributed by atoms with Crippen LogP contribution in [0.3, 0.4) is 0 Å². The van der Waals surface area contributed by atoms with Gasteiger partial charge in [0, 0.05) is 0 Å². The number of rotatable bonds is 6. The van der Waals surface area contributed by atoms with Gasteiger partial charge in [-0.15, -0.1) is 0 Å². The topological polar surface area (TPSA) is 0 Å². The van der Waals surface area contributed by atoms with Crippen molar-refractivity contribution in [1.29, 1.82) is 0 Å². The molecule has 4 rings (SSSR count). The average Bonchev–Trinajstić information content (AvgIpc) is 2.91. The Morgan fingerprint density at radius 3 is 1.29 bits per heavy atom. The molecule has 0 aliphatic heterocycles. The second-order valence-electron chi connectivity index (χ2n) is 8.16. The fraction of sp³-hybridized carbons (Fsp3) is 0.118. The highest BCUT2D eigenvalue weighted by Crippen LogP contribution is 2.30. The van der Waals surface area contributed by atoms with Gasteiger partial charge in [0.15, 0.2) is 0 Å². The van der Waals surface area contributed by atoms with Gasteiger partial charge in [-0.3, -0.25) is 0 Å². The van der Waals surface area contributed by atoms with Crippen molar-refractivity contribution in [2.24, 2.45) is 0 Å². The Morgan fingerprint density at radius 2 is 0.912 bits per heavy atom. The normalized spacial score (nSPS) is 11.0. The molecule has 0 radical (unpaired) electrons. The van der Waals surface area contributed by atoms with Gasteiger partial charge in [-0.2, -0.15) is 0 Å². The van der Waals surface area contributed by atoms with Gasteiger partial charge in [0.1, 0.15) is 0 Å². The van der Waals surface area contributed by atoms with Gasteiger partial charge in [0.05, 0.1) is 0 Å². The third kappa shape index (κ3) is 5.45. The van der Waals surface area contributed by atoms with E-state index in [0.717, 1.165) is 12.8 Å². The molecule has 34 heavy (non-hydrogen) atoms. The lowest BCUT2D eigenvalue weighted by atomic mass is 9.93. The summed E-state index contributed by atoms with van der Waals surface area (Å²) in [6.45, 7) is 4.41. The lowest BCUT2D eigenvalue weighted by Gasteiger charge is -2.12. The minimum Gasteiger partial charge on any atom is -0.0702 e. The fourth-order valence-electron chi connectivity index (χ4n) is 4.38. The van der Waals surface area contributed by atoms with Crippen LogP contribution in [0.2, 0.25) is 0 Å². The quantitative estimate of drug-likeness (QED) is 0.264. The molecular weight excluding hydrogens is 408 g/mol. The molecule has 0 aliphatic carbocycles. The largest absolute Gasteiger partial charge is 0.0702 e. The molecule has 0 fully saturated rings. The molecule has 4 aromatic rings. The van der Waals surface area contributed by atoms with E-state index >= 15 is 0 Å². The molecule has 0 saturated heterocycles. The average molecular weight is 439 g/mol. The molecule has 0 heterocycles. The molecule has 0 unspecified atom stereocenters. The van der Waals surface area contributed by atoms with Crippen LogP contribution in [-0.2, 0) is 12.8 Å². The maximum Gasteiger partial charge on any atom is -0.00792 e. The molecule has 0 aliphatic rings. The second-order valence-corrected chi connectivity index (χ2v) is 8.16. The Balaban J connectivity index is 1.58. The number of benzene rings is 4. The van der Waals surface area contributed by atoms with E-state index in [4.69, 9.17) is 0 Å². The van der Waals surface area contributed by atoms with Crippen molar-refractivity contribution in [3.05, 3.63) is 131 Å². The first-order chi connectivity index (χ1) is 16.8. The van der Waals surface area contributed by atoms with Crippen LogP contribution in [0.5, 0.6) is 0 Å². The van der Waals surface area contributed by atoms with Crippen molar-refractivity contribution in [3.8, 4) is 34.1 Å². The van der Waals surface area contributed by atoms with Gasteiger partial charge in [-0.05, 0) is 81.7 Å². The Kier molecular flexibility index (Phi) is 7.94. The summed E-state index contributed by atoms with van der Waals surface area (Å²) in [5, 5.41) is 0. The lowest BCUT2D eigenvalue weighted by molar-refractivity contribution is 1.14. The molecular formula is C34H30. The third-order valence-corrected chi connectivity index (χ3v) is 6.03. The van der Waals surface area contributed by atoms with Crippen LogP contribution in [-0.4, -0.2) is 0 Å². The van der Waals surface area contributed by atoms with Gasteiger partial charge in [-0.1, -0.05) is 123 Å². The predicted octanol–water partition coefficient (Wildman–Crippen LogP) is 8.88. The Labute approximate surface area is 204 Å². The summed E-state index contributed by atoms with van der Waals surface area (Å²) >= 11 is 0. The van der Waals surface area contributed by atoms with E-state index in [0.29, 0.717) is 0 Å². The first-order valence-corrected chi connectivity index (χ1v) is 12.0. The van der Waals surface area contributed by atoms with Crippen LogP contribution in [0.1, 0.15) is 36.1 Å². The molecule has 0 bridgehead atoms. The van der Waals surface area contributed by atoms with E-state index in [-0.39, 0.29) is 0 Å². The maximum absolute atomic E-state index is 3.19. The summed E-state index contributed by atoms with van der Waals surface area (Å²) in [6.07, 6.45) is 10.1. The zero-order valence-corrected chi connectivity index (χ0v) is 20.0. The van der Waals surface area contributed by atoms with Crippen molar-refractivity contribution in [3.63, 3.8) is 0 Å². The molecule has 166 valence electrons. The monoisotopic (exact) mass is 438 g/mol. The molecule has 4 aromatic carbocycles. The number of aryl methyl sites for hydroxylation is 2. The summed E-state index contributed by atoms with van der Waals surface area (Å²) in [7, 11) is 0. The van der Waals surface area contributed by atoms with Crippen LogP contribution >= 0.6 is 0 Å². The van der Waals surface area contributed by atoms with E-state index in [1.165, 1.54) is 44.5 Å². The molecule has 0 aromatic heterocycles. The van der Waals surface area contributed by atoms with E-state index < -0.39 is 0 Å². The zero-order valence-electron chi connectivity index (χ0n) is 20.0. The molecule has 0 heteroatoms. The minimum atomic E-state index is 1.00. The van der Waals surface area contributed by atoms with Crippen molar-refractivity contribution in [2.75, 3.05) is 0 Å². The predicted molar refractivity (Wildman–Crippen MR) is 148 cm³/mol. The van der Waals surface area contributed by atoms with Crippen molar-refractivity contribution < 1.29 is 0 Å². The van der Waals surface area contributed by atoms with Gasteiger partial charge in [0.25, 0.3) is 0 Å². The molecule has 0 atom stereocenters. The van der Waals surface area contributed by atoms with E-state index in [1.54, 1.807) is 0 Å². The number of hydrogen-bond donors (Lipinski definition) is 0.